The van der Waals surface area contributed by atoms with Crippen LogP contribution < -0.4 is 5.32 Å². The maximum absolute atomic E-state index is 13.1. The van der Waals surface area contributed by atoms with E-state index in [-0.39, 0.29) is 10.8 Å². The molecule has 4 nitrogen and oxygen atoms in total. The minimum absolute atomic E-state index is 0.227. The highest BCUT2D eigenvalue weighted by molar-refractivity contribution is 6.35. The summed E-state index contributed by atoms with van der Waals surface area (Å²) in [7, 11) is 1.86. The molecule has 0 radical (unpaired) electrons. The van der Waals surface area contributed by atoms with Crippen molar-refractivity contribution >= 4 is 35.1 Å². The molecule has 0 amide bonds. The quantitative estimate of drug-likeness (QED) is 0.564. The molecule has 1 heterocycles. The summed E-state index contributed by atoms with van der Waals surface area (Å²) in [5.41, 5.74) is 0.733. The molecule has 0 saturated carbocycles. The van der Waals surface area contributed by atoms with Crippen LogP contribution in [0.25, 0.3) is 0 Å². The van der Waals surface area contributed by atoms with Crippen LogP contribution in [0.1, 0.15) is 18.1 Å². The highest BCUT2D eigenvalue weighted by atomic mass is 35.5. The van der Waals surface area contributed by atoms with E-state index in [1.807, 2.05) is 25.8 Å². The Hall–Kier alpha value is -2.28. The van der Waals surface area contributed by atoms with Crippen molar-refractivity contribution in [3.8, 4) is 0 Å². The van der Waals surface area contributed by atoms with Crippen LogP contribution in [0.4, 0.5) is 30.4 Å². The predicted octanol–water partition coefficient (Wildman–Crippen LogP) is 5.42. The van der Waals surface area contributed by atoms with Crippen molar-refractivity contribution in [2.45, 2.75) is 20.0 Å². The summed E-state index contributed by atoms with van der Waals surface area (Å²) in [6.07, 6.45) is -1.61. The van der Waals surface area contributed by atoms with Crippen LogP contribution in [0.15, 0.2) is 35.5 Å². The molecule has 0 aliphatic carbocycles. The zero-order chi connectivity index (χ0) is 18.6. The third-order valence-electron chi connectivity index (χ3n) is 3.46. The summed E-state index contributed by atoms with van der Waals surface area (Å²) in [4.78, 5) is 9.94. The number of benzene rings is 1. The first-order valence-corrected chi connectivity index (χ1v) is 7.94. The van der Waals surface area contributed by atoms with E-state index >= 15 is 0 Å². The van der Waals surface area contributed by atoms with Gasteiger partial charge in [0.05, 0.1) is 28.3 Å². The van der Waals surface area contributed by atoms with Gasteiger partial charge in [-0.2, -0.15) is 13.2 Å². The zero-order valence-corrected chi connectivity index (χ0v) is 14.8. The van der Waals surface area contributed by atoms with Crippen LogP contribution in [-0.2, 0) is 6.18 Å². The predicted molar refractivity (Wildman–Crippen MR) is 95.2 cm³/mol. The second-order valence-electron chi connectivity index (χ2n) is 5.49. The first-order chi connectivity index (χ1) is 11.7. The number of aryl methyl sites for hydroxylation is 1. The molecule has 134 valence electrons. The summed E-state index contributed by atoms with van der Waals surface area (Å²) in [5, 5.41) is 2.91. The lowest BCUT2D eigenvalue weighted by molar-refractivity contribution is -0.137. The number of nitrogens with zero attached hydrogens (tertiary/aromatic N) is 3. The maximum atomic E-state index is 13.1. The first-order valence-electron chi connectivity index (χ1n) is 7.56. The number of pyridine rings is 1. The molecule has 0 unspecified atom stereocenters. The third-order valence-corrected chi connectivity index (χ3v) is 3.85. The fraction of sp³-hybridized carbons (Fsp3) is 0.294. The number of hydrogen-bond acceptors (Lipinski definition) is 3. The Morgan fingerprint density at radius 3 is 2.72 bits per heavy atom. The van der Waals surface area contributed by atoms with Crippen molar-refractivity contribution in [3.05, 3.63) is 46.6 Å². The SMILES string of the molecule is CCN(C)/C=N\c1cc(C)cc(Nc2ncccc2C(F)(F)F)c1Cl. The van der Waals surface area contributed by atoms with Crippen molar-refractivity contribution in [3.63, 3.8) is 0 Å². The molecule has 0 atom stereocenters. The maximum Gasteiger partial charge on any atom is 0.419 e. The van der Waals surface area contributed by atoms with E-state index in [1.54, 1.807) is 18.5 Å². The second-order valence-corrected chi connectivity index (χ2v) is 5.86. The number of halogens is 4. The Balaban J connectivity index is 2.42. The van der Waals surface area contributed by atoms with Crippen LogP contribution in [0.5, 0.6) is 0 Å². The summed E-state index contributed by atoms with van der Waals surface area (Å²) < 4.78 is 39.4. The molecule has 0 bridgehead atoms. The van der Waals surface area contributed by atoms with E-state index in [4.69, 9.17) is 11.6 Å². The average Bonchev–Trinajstić information content (AvgIpc) is 2.55. The van der Waals surface area contributed by atoms with Gasteiger partial charge in [-0.1, -0.05) is 11.6 Å². The molecule has 2 rings (SSSR count). The lowest BCUT2D eigenvalue weighted by Gasteiger charge is -2.15. The molecule has 1 N–H and O–H groups in total. The molecule has 1 aromatic heterocycles. The number of rotatable bonds is 5. The number of hydrogen-bond donors (Lipinski definition) is 1. The first kappa shape index (κ1) is 19.1. The average molecular weight is 371 g/mol. The van der Waals surface area contributed by atoms with Crippen LogP contribution >= 0.6 is 11.6 Å². The summed E-state index contributed by atoms with van der Waals surface area (Å²) in [6, 6.07) is 5.62. The van der Waals surface area contributed by atoms with E-state index in [0.717, 1.165) is 18.2 Å². The van der Waals surface area contributed by atoms with Gasteiger partial charge in [0, 0.05) is 19.8 Å². The van der Waals surface area contributed by atoms with Gasteiger partial charge in [0.1, 0.15) is 5.82 Å². The number of anilines is 2. The van der Waals surface area contributed by atoms with Crippen LogP contribution in [-0.4, -0.2) is 29.8 Å². The van der Waals surface area contributed by atoms with E-state index in [9.17, 15) is 13.2 Å². The van der Waals surface area contributed by atoms with E-state index in [1.165, 1.54) is 12.3 Å². The number of alkyl halides is 3. The molecular formula is C17H18ClF3N4. The molecule has 25 heavy (non-hydrogen) atoms. The lowest BCUT2D eigenvalue weighted by atomic mass is 10.1. The Kier molecular flexibility index (Phi) is 5.89. The molecule has 0 aliphatic rings. The number of aromatic nitrogens is 1. The standard InChI is InChI=1S/C17H18ClF3N4/c1-4-25(3)10-23-13-8-11(2)9-14(15(13)18)24-16-12(17(19,20)21)6-5-7-22-16/h5-10H,4H2,1-3H3,(H,22,24)/b23-10-. The Bertz CT molecular complexity index is 775. The van der Waals surface area contributed by atoms with Crippen molar-refractivity contribution < 1.29 is 13.2 Å². The molecule has 0 saturated heterocycles. The van der Waals surface area contributed by atoms with Gasteiger partial charge in [-0.25, -0.2) is 9.98 Å². The van der Waals surface area contributed by atoms with Crippen molar-refractivity contribution in [2.24, 2.45) is 4.99 Å². The van der Waals surface area contributed by atoms with Gasteiger partial charge in [-0.05, 0) is 43.7 Å². The van der Waals surface area contributed by atoms with Gasteiger partial charge >= 0.3 is 6.18 Å². The highest BCUT2D eigenvalue weighted by Gasteiger charge is 2.34. The van der Waals surface area contributed by atoms with Crippen LogP contribution in [0, 0.1) is 6.92 Å². The van der Waals surface area contributed by atoms with Gasteiger partial charge in [-0.3, -0.25) is 0 Å². The van der Waals surface area contributed by atoms with E-state index in [2.05, 4.69) is 15.3 Å². The third kappa shape index (κ3) is 4.85. The van der Waals surface area contributed by atoms with Gasteiger partial charge in [-0.15, -0.1) is 0 Å². The normalized spacial score (nSPS) is 11.8. The molecule has 0 spiro atoms. The lowest BCUT2D eigenvalue weighted by Crippen LogP contribution is -2.14. The fourth-order valence-electron chi connectivity index (χ4n) is 2.04. The van der Waals surface area contributed by atoms with Gasteiger partial charge in [0.15, 0.2) is 0 Å². The minimum Gasteiger partial charge on any atom is -0.366 e. The monoisotopic (exact) mass is 370 g/mol. The summed E-state index contributed by atoms with van der Waals surface area (Å²) in [6.45, 7) is 4.55. The smallest absolute Gasteiger partial charge is 0.366 e. The Morgan fingerprint density at radius 1 is 1.36 bits per heavy atom. The minimum atomic E-state index is -4.52. The Morgan fingerprint density at radius 2 is 2.08 bits per heavy atom. The topological polar surface area (TPSA) is 40.5 Å². The van der Waals surface area contributed by atoms with Gasteiger partial charge in [0.25, 0.3) is 0 Å². The second kappa shape index (κ2) is 7.74. The van der Waals surface area contributed by atoms with Gasteiger partial charge in [0.2, 0.25) is 0 Å². The number of nitrogens with one attached hydrogen (secondary N) is 1. The van der Waals surface area contributed by atoms with Gasteiger partial charge < -0.3 is 10.2 Å². The number of aliphatic imine (C=N–C) groups is 1. The fourth-order valence-corrected chi connectivity index (χ4v) is 2.24. The van der Waals surface area contributed by atoms with Crippen LogP contribution in [0.2, 0.25) is 5.02 Å². The molecular weight excluding hydrogens is 353 g/mol. The highest BCUT2D eigenvalue weighted by Crippen LogP contribution is 2.38. The molecule has 0 aliphatic heterocycles. The van der Waals surface area contributed by atoms with Crippen molar-refractivity contribution in [1.29, 1.82) is 0 Å². The molecule has 2 aromatic rings. The van der Waals surface area contributed by atoms with Crippen molar-refractivity contribution in [2.75, 3.05) is 18.9 Å². The Labute approximate surface area is 149 Å². The zero-order valence-electron chi connectivity index (χ0n) is 14.0. The van der Waals surface area contributed by atoms with Crippen molar-refractivity contribution in [1.82, 2.24) is 9.88 Å². The molecule has 1 aromatic carbocycles. The molecule has 0 fully saturated rings. The largest absolute Gasteiger partial charge is 0.419 e. The molecule has 8 heteroatoms. The summed E-state index contributed by atoms with van der Waals surface area (Å²) in [5.74, 6) is -0.303. The van der Waals surface area contributed by atoms with E-state index < -0.39 is 11.7 Å². The van der Waals surface area contributed by atoms with E-state index in [0.29, 0.717) is 11.4 Å². The van der Waals surface area contributed by atoms with Crippen LogP contribution in [0.3, 0.4) is 0 Å². The summed E-state index contributed by atoms with van der Waals surface area (Å²) >= 11 is 6.32.